The number of carbonyl (C=O) groups is 1. The van der Waals surface area contributed by atoms with Gasteiger partial charge in [0.25, 0.3) is 5.56 Å². The molecule has 0 aliphatic rings. The summed E-state index contributed by atoms with van der Waals surface area (Å²) < 4.78 is 0. The number of thioether (sulfide) groups is 1. The third-order valence-electron chi connectivity index (χ3n) is 4.88. The molecule has 0 unspecified atom stereocenters. The second kappa shape index (κ2) is 8.90. The van der Waals surface area contributed by atoms with Gasteiger partial charge in [-0.25, -0.2) is 4.98 Å². The number of nitrogens with one attached hydrogen (secondary N) is 1. The summed E-state index contributed by atoms with van der Waals surface area (Å²) in [5.41, 5.74) is 0.288. The molecule has 0 bridgehead atoms. The van der Waals surface area contributed by atoms with Crippen molar-refractivity contribution in [1.29, 1.82) is 0 Å². The van der Waals surface area contributed by atoms with Gasteiger partial charge < -0.3 is 9.88 Å². The zero-order valence-electron chi connectivity index (χ0n) is 16.4. The monoisotopic (exact) mass is 437 g/mol. The molecule has 7 heteroatoms. The van der Waals surface area contributed by atoms with Crippen LogP contribution < -0.4 is 5.56 Å². The van der Waals surface area contributed by atoms with Crippen LogP contribution in [0.5, 0.6) is 0 Å². The Morgan fingerprint density at radius 2 is 1.90 bits per heavy atom. The predicted molar refractivity (Wildman–Crippen MR) is 123 cm³/mol. The van der Waals surface area contributed by atoms with Crippen LogP contribution in [0.25, 0.3) is 21.7 Å². The fraction of sp³-hybridized carbons (Fsp3) is 0.174. The number of benzene rings is 3. The van der Waals surface area contributed by atoms with E-state index in [2.05, 4.69) is 34.2 Å². The van der Waals surface area contributed by atoms with Gasteiger partial charge in [0.1, 0.15) is 5.82 Å². The summed E-state index contributed by atoms with van der Waals surface area (Å²) in [5.74, 6) is 0.751. The van der Waals surface area contributed by atoms with Crippen molar-refractivity contribution in [2.45, 2.75) is 18.4 Å². The minimum Gasteiger partial charge on any atom is -0.335 e. The Balaban J connectivity index is 1.47. The van der Waals surface area contributed by atoms with Crippen LogP contribution in [0.2, 0.25) is 5.02 Å². The van der Waals surface area contributed by atoms with Crippen LogP contribution in [0, 0.1) is 0 Å². The molecule has 152 valence electrons. The third-order valence-corrected chi connectivity index (χ3v) is 6.09. The number of carbonyl (C=O) groups excluding carboxylic acids is 1. The van der Waals surface area contributed by atoms with Gasteiger partial charge >= 0.3 is 0 Å². The maximum atomic E-state index is 12.8. The molecule has 0 aliphatic carbocycles. The molecule has 1 amide bonds. The number of aromatic nitrogens is 2. The number of fused-ring (bicyclic) bond motifs is 2. The highest BCUT2D eigenvalue weighted by molar-refractivity contribution is 8.00. The van der Waals surface area contributed by atoms with Gasteiger partial charge in [-0.1, -0.05) is 41.9 Å². The van der Waals surface area contributed by atoms with Crippen LogP contribution in [0.3, 0.4) is 0 Å². The normalized spacial score (nSPS) is 11.1. The Kier molecular flexibility index (Phi) is 6.06. The SMILES string of the molecule is CCN(Cc1nc2cc(Cl)ccc2c(=O)[nH]1)C(=O)CSc1ccc2ccccc2c1. The first-order chi connectivity index (χ1) is 14.5. The Labute approximate surface area is 183 Å². The van der Waals surface area contributed by atoms with E-state index in [1.165, 1.54) is 17.1 Å². The molecule has 5 nitrogen and oxygen atoms in total. The van der Waals surface area contributed by atoms with Gasteiger partial charge in [-0.05, 0) is 48.0 Å². The lowest BCUT2D eigenvalue weighted by Gasteiger charge is -2.20. The first kappa shape index (κ1) is 20.4. The van der Waals surface area contributed by atoms with E-state index in [0.29, 0.717) is 34.0 Å². The van der Waals surface area contributed by atoms with Gasteiger partial charge in [0.05, 0.1) is 23.2 Å². The second-order valence-corrected chi connectivity index (χ2v) is 8.36. The highest BCUT2D eigenvalue weighted by Crippen LogP contribution is 2.24. The van der Waals surface area contributed by atoms with Gasteiger partial charge in [-0.15, -0.1) is 11.8 Å². The molecule has 0 radical (unpaired) electrons. The van der Waals surface area contributed by atoms with E-state index < -0.39 is 0 Å². The number of amides is 1. The van der Waals surface area contributed by atoms with Crippen LogP contribution in [0.1, 0.15) is 12.7 Å². The summed E-state index contributed by atoms with van der Waals surface area (Å²) in [4.78, 5) is 35.1. The van der Waals surface area contributed by atoms with E-state index in [1.54, 1.807) is 23.1 Å². The quantitative estimate of drug-likeness (QED) is 0.437. The average molecular weight is 438 g/mol. The number of H-pyrrole nitrogens is 1. The van der Waals surface area contributed by atoms with Crippen molar-refractivity contribution in [3.8, 4) is 0 Å². The van der Waals surface area contributed by atoms with Crippen LogP contribution in [0.15, 0.2) is 70.4 Å². The van der Waals surface area contributed by atoms with Gasteiger partial charge in [0.2, 0.25) is 5.91 Å². The maximum Gasteiger partial charge on any atom is 0.258 e. The fourth-order valence-electron chi connectivity index (χ4n) is 3.29. The van der Waals surface area contributed by atoms with E-state index in [0.717, 1.165) is 10.3 Å². The van der Waals surface area contributed by atoms with E-state index in [4.69, 9.17) is 11.6 Å². The molecular weight excluding hydrogens is 418 g/mol. The average Bonchev–Trinajstić information content (AvgIpc) is 2.75. The number of halogens is 1. The van der Waals surface area contributed by atoms with Gasteiger partial charge in [0, 0.05) is 16.5 Å². The highest BCUT2D eigenvalue weighted by Gasteiger charge is 2.15. The van der Waals surface area contributed by atoms with Gasteiger partial charge in [0.15, 0.2) is 0 Å². The molecule has 0 spiro atoms. The van der Waals surface area contributed by atoms with E-state index in [1.807, 2.05) is 25.1 Å². The molecule has 1 heterocycles. The highest BCUT2D eigenvalue weighted by atomic mass is 35.5. The van der Waals surface area contributed by atoms with Crippen molar-refractivity contribution in [3.63, 3.8) is 0 Å². The van der Waals surface area contributed by atoms with Crippen molar-refractivity contribution in [3.05, 3.63) is 81.9 Å². The zero-order chi connectivity index (χ0) is 21.1. The molecule has 30 heavy (non-hydrogen) atoms. The first-order valence-electron chi connectivity index (χ1n) is 9.61. The molecule has 0 saturated heterocycles. The molecule has 1 N–H and O–H groups in total. The van der Waals surface area contributed by atoms with Gasteiger partial charge in [-0.3, -0.25) is 9.59 Å². The van der Waals surface area contributed by atoms with Crippen molar-refractivity contribution in [1.82, 2.24) is 14.9 Å². The Bertz CT molecular complexity index is 1290. The molecule has 1 aromatic heterocycles. The second-order valence-electron chi connectivity index (χ2n) is 6.88. The van der Waals surface area contributed by atoms with Crippen molar-refractivity contribution in [2.75, 3.05) is 12.3 Å². The lowest BCUT2D eigenvalue weighted by atomic mass is 10.1. The Morgan fingerprint density at radius 1 is 1.10 bits per heavy atom. The summed E-state index contributed by atoms with van der Waals surface area (Å²) in [5, 5.41) is 3.32. The molecular formula is C23H20ClN3O2S. The standard InChI is InChI=1S/C23H20ClN3O2S/c1-2-27(13-21-25-20-12-17(24)8-10-19(20)23(29)26-21)22(28)14-30-18-9-7-15-5-3-4-6-16(15)11-18/h3-12H,2,13-14H2,1H3,(H,25,26,29). The number of nitrogens with zero attached hydrogens (tertiary/aromatic N) is 2. The topological polar surface area (TPSA) is 66.1 Å². The van der Waals surface area contributed by atoms with Crippen LogP contribution >= 0.6 is 23.4 Å². The van der Waals surface area contributed by atoms with Crippen molar-refractivity contribution in [2.24, 2.45) is 0 Å². The van der Waals surface area contributed by atoms with Crippen molar-refractivity contribution < 1.29 is 4.79 Å². The van der Waals surface area contributed by atoms with E-state index >= 15 is 0 Å². The van der Waals surface area contributed by atoms with E-state index in [9.17, 15) is 9.59 Å². The summed E-state index contributed by atoms with van der Waals surface area (Å²) in [6.07, 6.45) is 0. The number of hydrogen-bond donors (Lipinski definition) is 1. The summed E-state index contributed by atoms with van der Waals surface area (Å²) in [6.45, 7) is 2.67. The zero-order valence-corrected chi connectivity index (χ0v) is 18.0. The first-order valence-corrected chi connectivity index (χ1v) is 11.0. The molecule has 4 rings (SSSR count). The molecule has 0 aliphatic heterocycles. The lowest BCUT2D eigenvalue weighted by Crippen LogP contribution is -2.33. The summed E-state index contributed by atoms with van der Waals surface area (Å²) in [6, 6.07) is 19.3. The number of aromatic amines is 1. The summed E-state index contributed by atoms with van der Waals surface area (Å²) >= 11 is 7.53. The lowest BCUT2D eigenvalue weighted by molar-refractivity contribution is -0.128. The van der Waals surface area contributed by atoms with E-state index in [-0.39, 0.29) is 18.0 Å². The number of hydrogen-bond acceptors (Lipinski definition) is 4. The Hall–Kier alpha value is -2.83. The summed E-state index contributed by atoms with van der Waals surface area (Å²) in [7, 11) is 0. The van der Waals surface area contributed by atoms with Crippen molar-refractivity contribution >= 4 is 50.9 Å². The predicted octanol–water partition coefficient (Wildman–Crippen LogP) is 4.87. The molecule has 4 aromatic rings. The minimum absolute atomic E-state index is 0.00972. The van der Waals surface area contributed by atoms with Crippen LogP contribution in [-0.2, 0) is 11.3 Å². The van der Waals surface area contributed by atoms with Crippen LogP contribution in [-0.4, -0.2) is 33.1 Å². The minimum atomic E-state index is -0.235. The molecule has 3 aromatic carbocycles. The smallest absolute Gasteiger partial charge is 0.258 e. The maximum absolute atomic E-state index is 12.8. The third kappa shape index (κ3) is 4.50. The van der Waals surface area contributed by atoms with Gasteiger partial charge in [-0.2, -0.15) is 0 Å². The Morgan fingerprint density at radius 3 is 2.70 bits per heavy atom. The van der Waals surface area contributed by atoms with Crippen LogP contribution in [0.4, 0.5) is 0 Å². The molecule has 0 atom stereocenters. The molecule has 0 saturated carbocycles. The molecule has 0 fully saturated rings. The number of rotatable bonds is 6. The fourth-order valence-corrected chi connectivity index (χ4v) is 4.30. The largest absolute Gasteiger partial charge is 0.335 e.